The van der Waals surface area contributed by atoms with E-state index in [1.165, 1.54) is 36.0 Å². The third-order valence-corrected chi connectivity index (χ3v) is 8.94. The minimum atomic E-state index is -4.38. The van der Waals surface area contributed by atoms with E-state index in [1.54, 1.807) is 32.9 Å². The number of rotatable bonds is 10. The highest BCUT2D eigenvalue weighted by molar-refractivity contribution is 7.92. The van der Waals surface area contributed by atoms with Gasteiger partial charge in [-0.2, -0.15) is 0 Å². The minimum absolute atomic E-state index is 0.0978. The fraction of sp³-hybridized carbons (Fsp3) is 0.273. The fourth-order valence-electron chi connectivity index (χ4n) is 4.61. The first kappa shape index (κ1) is 32.3. The number of amides is 1. The molecule has 0 aliphatic carbocycles. The van der Waals surface area contributed by atoms with Crippen LogP contribution in [0.2, 0.25) is 0 Å². The molecule has 0 aliphatic rings. The van der Waals surface area contributed by atoms with Crippen molar-refractivity contribution in [2.45, 2.75) is 56.0 Å². The Morgan fingerprint density at radius 1 is 0.909 bits per heavy atom. The highest BCUT2D eigenvalue weighted by atomic mass is 32.2. The van der Waals surface area contributed by atoms with Gasteiger partial charge in [0.2, 0.25) is 9.84 Å². The summed E-state index contributed by atoms with van der Waals surface area (Å²) in [5, 5.41) is 9.27. The number of anilines is 1. The standard InChI is InChI=1S/C33H36N4O6S/c1-5-23-10-8-11-26(20-23)25-17-15-24(16-18-25)21-33(34,44(41,42)29-14-6-7-19-35-29)27-12-9-13-28(36-27)37(22-30(38)39)31(40)43-32(2,3)4/h6-20H,5,21-22,34H2,1-4H3,(H,38,39). The maximum absolute atomic E-state index is 14.2. The Kier molecular flexibility index (Phi) is 9.50. The first-order valence-electron chi connectivity index (χ1n) is 14.1. The molecule has 230 valence electrons. The predicted octanol–water partition coefficient (Wildman–Crippen LogP) is 5.36. The first-order chi connectivity index (χ1) is 20.7. The van der Waals surface area contributed by atoms with Crippen molar-refractivity contribution in [1.82, 2.24) is 9.97 Å². The van der Waals surface area contributed by atoms with Gasteiger partial charge in [-0.15, -0.1) is 0 Å². The number of carboxylic acids is 1. The predicted molar refractivity (Wildman–Crippen MR) is 168 cm³/mol. The van der Waals surface area contributed by atoms with Gasteiger partial charge in [0.25, 0.3) is 0 Å². The number of nitrogens with zero attached hydrogens (tertiary/aromatic N) is 3. The number of aryl methyl sites for hydroxylation is 1. The number of hydrogen-bond donors (Lipinski definition) is 2. The average molecular weight is 617 g/mol. The van der Waals surface area contributed by atoms with Crippen LogP contribution in [0.4, 0.5) is 10.6 Å². The second kappa shape index (κ2) is 12.9. The van der Waals surface area contributed by atoms with Gasteiger partial charge < -0.3 is 15.6 Å². The zero-order chi connectivity index (χ0) is 32.1. The summed E-state index contributed by atoms with van der Waals surface area (Å²) in [7, 11) is -4.38. The van der Waals surface area contributed by atoms with Gasteiger partial charge in [-0.05, 0) is 73.7 Å². The summed E-state index contributed by atoms with van der Waals surface area (Å²) >= 11 is 0. The Labute approximate surface area is 257 Å². The van der Waals surface area contributed by atoms with Crippen molar-refractivity contribution < 1.29 is 27.9 Å². The van der Waals surface area contributed by atoms with E-state index in [0.717, 1.165) is 22.4 Å². The van der Waals surface area contributed by atoms with Crippen LogP contribution < -0.4 is 10.6 Å². The van der Waals surface area contributed by atoms with Crippen molar-refractivity contribution in [2.75, 3.05) is 11.4 Å². The van der Waals surface area contributed by atoms with Crippen LogP contribution in [0, 0.1) is 0 Å². The highest BCUT2D eigenvalue weighted by Crippen LogP contribution is 2.34. The lowest BCUT2D eigenvalue weighted by atomic mass is 9.98. The molecule has 10 nitrogen and oxygen atoms in total. The molecule has 0 bridgehead atoms. The van der Waals surface area contributed by atoms with Crippen LogP contribution in [0.1, 0.15) is 44.5 Å². The molecular formula is C33H36N4O6S. The topological polar surface area (TPSA) is 153 Å². The number of carbonyl (C=O) groups excluding carboxylic acids is 1. The van der Waals surface area contributed by atoms with E-state index < -0.39 is 38.9 Å². The summed E-state index contributed by atoms with van der Waals surface area (Å²) < 4.78 is 33.7. The Morgan fingerprint density at radius 2 is 1.61 bits per heavy atom. The Balaban J connectivity index is 1.80. The quantitative estimate of drug-likeness (QED) is 0.240. The number of ether oxygens (including phenoxy) is 1. The van der Waals surface area contributed by atoms with Crippen LogP contribution in [-0.2, 0) is 37.1 Å². The molecule has 0 saturated carbocycles. The van der Waals surface area contributed by atoms with E-state index in [2.05, 4.69) is 29.0 Å². The molecule has 11 heteroatoms. The molecule has 2 aromatic carbocycles. The lowest BCUT2D eigenvalue weighted by Crippen LogP contribution is -2.48. The molecule has 0 saturated heterocycles. The van der Waals surface area contributed by atoms with E-state index in [9.17, 15) is 23.1 Å². The third kappa shape index (κ3) is 7.29. The molecule has 0 aliphatic heterocycles. The molecule has 4 rings (SSSR count). The molecular weight excluding hydrogens is 580 g/mol. The number of benzene rings is 2. The van der Waals surface area contributed by atoms with Crippen molar-refractivity contribution in [3.8, 4) is 11.1 Å². The van der Waals surface area contributed by atoms with Crippen LogP contribution in [0.15, 0.2) is 96.2 Å². The highest BCUT2D eigenvalue weighted by Gasteiger charge is 2.45. The summed E-state index contributed by atoms with van der Waals surface area (Å²) in [5.41, 5.74) is 9.64. The molecule has 2 heterocycles. The Hall–Kier alpha value is -4.61. The summed E-state index contributed by atoms with van der Waals surface area (Å²) in [5.74, 6) is -1.44. The normalized spacial score (nSPS) is 13.1. The van der Waals surface area contributed by atoms with Gasteiger partial charge in [-0.3, -0.25) is 9.69 Å². The first-order valence-corrected chi connectivity index (χ1v) is 15.5. The summed E-state index contributed by atoms with van der Waals surface area (Å²) in [4.78, 5) is 31.9. The molecule has 1 amide bonds. The monoisotopic (exact) mass is 616 g/mol. The van der Waals surface area contributed by atoms with Gasteiger partial charge in [0.05, 0.1) is 5.69 Å². The van der Waals surface area contributed by atoms with Gasteiger partial charge >= 0.3 is 12.1 Å². The van der Waals surface area contributed by atoms with Crippen LogP contribution in [-0.4, -0.2) is 47.7 Å². The van der Waals surface area contributed by atoms with Gasteiger partial charge in [0.1, 0.15) is 18.0 Å². The largest absolute Gasteiger partial charge is 0.480 e. The zero-order valence-corrected chi connectivity index (χ0v) is 25.9. The molecule has 0 radical (unpaired) electrons. The molecule has 3 N–H and O–H groups in total. The van der Waals surface area contributed by atoms with Crippen molar-refractivity contribution in [2.24, 2.45) is 5.73 Å². The minimum Gasteiger partial charge on any atom is -0.480 e. The maximum Gasteiger partial charge on any atom is 0.416 e. The molecule has 0 spiro atoms. The van der Waals surface area contributed by atoms with Crippen molar-refractivity contribution in [1.29, 1.82) is 0 Å². The Bertz CT molecular complexity index is 1740. The SMILES string of the molecule is CCc1cccc(-c2ccc(CC(N)(c3cccc(N(CC(=O)O)C(=O)OC(C)(C)C)n3)S(=O)(=O)c3ccccn3)cc2)c1. The number of carbonyl (C=O) groups is 2. The lowest BCUT2D eigenvalue weighted by Gasteiger charge is -2.30. The van der Waals surface area contributed by atoms with E-state index in [1.807, 2.05) is 36.4 Å². The zero-order valence-electron chi connectivity index (χ0n) is 25.1. The maximum atomic E-state index is 14.2. The van der Waals surface area contributed by atoms with E-state index >= 15 is 0 Å². The fourth-order valence-corrected chi connectivity index (χ4v) is 6.18. The summed E-state index contributed by atoms with van der Waals surface area (Å²) in [6, 6.07) is 24.4. The van der Waals surface area contributed by atoms with Crippen LogP contribution in [0.5, 0.6) is 0 Å². The van der Waals surface area contributed by atoms with Gasteiger partial charge in [0.15, 0.2) is 9.90 Å². The van der Waals surface area contributed by atoms with E-state index in [4.69, 9.17) is 10.5 Å². The summed E-state index contributed by atoms with van der Waals surface area (Å²) in [6.07, 6.45) is 1.11. The Morgan fingerprint density at radius 3 is 2.23 bits per heavy atom. The molecule has 44 heavy (non-hydrogen) atoms. The van der Waals surface area contributed by atoms with Crippen molar-refractivity contribution >= 4 is 27.7 Å². The molecule has 1 atom stereocenters. The van der Waals surface area contributed by atoms with Gasteiger partial charge in [-0.25, -0.2) is 23.2 Å². The molecule has 2 aromatic heterocycles. The smallest absolute Gasteiger partial charge is 0.416 e. The summed E-state index contributed by atoms with van der Waals surface area (Å²) in [6.45, 7) is 6.25. The average Bonchev–Trinajstić information content (AvgIpc) is 2.99. The number of carboxylic acid groups (broad SMARTS) is 1. The second-order valence-corrected chi connectivity index (χ2v) is 13.5. The van der Waals surface area contributed by atoms with Crippen molar-refractivity contribution in [3.05, 3.63) is 108 Å². The molecule has 0 fully saturated rings. The number of aliphatic carboxylic acids is 1. The number of nitrogens with two attached hydrogens (primary N) is 1. The van der Waals surface area contributed by atoms with E-state index in [0.29, 0.717) is 5.56 Å². The van der Waals surface area contributed by atoms with Crippen molar-refractivity contribution in [3.63, 3.8) is 0 Å². The molecule has 4 aromatic rings. The van der Waals surface area contributed by atoms with Crippen LogP contribution >= 0.6 is 0 Å². The van der Waals surface area contributed by atoms with Gasteiger partial charge in [0, 0.05) is 12.6 Å². The van der Waals surface area contributed by atoms with Gasteiger partial charge in [-0.1, -0.05) is 67.6 Å². The van der Waals surface area contributed by atoms with Crippen LogP contribution in [0.25, 0.3) is 11.1 Å². The number of aromatic nitrogens is 2. The number of sulfone groups is 1. The number of pyridine rings is 2. The molecule has 1 unspecified atom stereocenters. The number of hydrogen-bond acceptors (Lipinski definition) is 8. The van der Waals surface area contributed by atoms with E-state index in [-0.39, 0.29) is 23.0 Å². The van der Waals surface area contributed by atoms with Crippen LogP contribution in [0.3, 0.4) is 0 Å². The third-order valence-electron chi connectivity index (χ3n) is 6.83. The lowest BCUT2D eigenvalue weighted by molar-refractivity contribution is -0.135. The second-order valence-electron chi connectivity index (χ2n) is 11.3.